The number of carbonyl (C=O) groups is 2. The lowest BCUT2D eigenvalue weighted by atomic mass is 9.99. The third-order valence-corrected chi connectivity index (χ3v) is 4.12. The van der Waals surface area contributed by atoms with Crippen molar-refractivity contribution in [2.75, 3.05) is 13.2 Å². The van der Waals surface area contributed by atoms with Gasteiger partial charge in [0.05, 0.1) is 12.5 Å². The van der Waals surface area contributed by atoms with E-state index in [0.29, 0.717) is 13.0 Å². The SMILES string of the molecule is CCOC(=O)C(CNC(=O)CC(N)c1ccccc1)Cc1ccccc1. The number of hydrogen-bond acceptors (Lipinski definition) is 4. The molecule has 26 heavy (non-hydrogen) atoms. The second-order valence-electron chi connectivity index (χ2n) is 6.16. The first kappa shape index (κ1) is 19.7. The minimum Gasteiger partial charge on any atom is -0.466 e. The molecular weight excluding hydrogens is 328 g/mol. The van der Waals surface area contributed by atoms with Gasteiger partial charge in [-0.15, -0.1) is 0 Å². The van der Waals surface area contributed by atoms with Crippen LogP contribution in [0.25, 0.3) is 0 Å². The number of esters is 1. The summed E-state index contributed by atoms with van der Waals surface area (Å²) in [5, 5.41) is 2.82. The van der Waals surface area contributed by atoms with Crippen LogP contribution in [0.1, 0.15) is 30.5 Å². The van der Waals surface area contributed by atoms with Gasteiger partial charge in [-0.3, -0.25) is 9.59 Å². The number of rotatable bonds is 9. The van der Waals surface area contributed by atoms with Crippen LogP contribution in [-0.4, -0.2) is 25.0 Å². The average Bonchev–Trinajstić information content (AvgIpc) is 2.66. The topological polar surface area (TPSA) is 81.4 Å². The van der Waals surface area contributed by atoms with Crippen LogP contribution in [0.4, 0.5) is 0 Å². The molecule has 2 rings (SSSR count). The van der Waals surface area contributed by atoms with E-state index in [1.165, 1.54) is 0 Å². The van der Waals surface area contributed by atoms with Crippen molar-refractivity contribution in [2.45, 2.75) is 25.8 Å². The molecule has 0 aliphatic carbocycles. The molecule has 2 unspecified atom stereocenters. The van der Waals surface area contributed by atoms with Crippen LogP contribution >= 0.6 is 0 Å². The third kappa shape index (κ3) is 6.33. The molecule has 5 heteroatoms. The fraction of sp³-hybridized carbons (Fsp3) is 0.333. The first-order valence-electron chi connectivity index (χ1n) is 8.88. The van der Waals surface area contributed by atoms with Gasteiger partial charge in [0.2, 0.25) is 5.91 Å². The summed E-state index contributed by atoms with van der Waals surface area (Å²) in [5.41, 5.74) is 8.02. The summed E-state index contributed by atoms with van der Waals surface area (Å²) in [6.07, 6.45) is 0.690. The van der Waals surface area contributed by atoms with Gasteiger partial charge in [0.25, 0.3) is 0 Å². The Kier molecular flexibility index (Phi) is 7.83. The lowest BCUT2D eigenvalue weighted by Crippen LogP contribution is -2.36. The van der Waals surface area contributed by atoms with Crippen molar-refractivity contribution < 1.29 is 14.3 Å². The summed E-state index contributed by atoms with van der Waals surface area (Å²) in [5.74, 6) is -0.901. The van der Waals surface area contributed by atoms with Gasteiger partial charge in [-0.25, -0.2) is 0 Å². The van der Waals surface area contributed by atoms with Crippen LogP contribution in [0, 0.1) is 5.92 Å². The zero-order chi connectivity index (χ0) is 18.8. The summed E-state index contributed by atoms with van der Waals surface area (Å²) in [6.45, 7) is 2.32. The van der Waals surface area contributed by atoms with Crippen LogP contribution in [0.2, 0.25) is 0 Å². The normalized spacial score (nSPS) is 12.8. The Labute approximate surface area is 154 Å². The first-order chi connectivity index (χ1) is 12.6. The minimum atomic E-state index is -0.422. The van der Waals surface area contributed by atoms with Crippen molar-refractivity contribution in [3.8, 4) is 0 Å². The Balaban J connectivity index is 1.90. The highest BCUT2D eigenvalue weighted by atomic mass is 16.5. The summed E-state index contributed by atoms with van der Waals surface area (Å²) in [6, 6.07) is 18.8. The number of hydrogen-bond donors (Lipinski definition) is 2. The molecule has 2 atom stereocenters. The molecule has 0 aliphatic rings. The van der Waals surface area contributed by atoms with Crippen LogP contribution in [-0.2, 0) is 20.7 Å². The monoisotopic (exact) mass is 354 g/mol. The lowest BCUT2D eigenvalue weighted by Gasteiger charge is -2.17. The van der Waals surface area contributed by atoms with Crippen molar-refractivity contribution in [3.05, 3.63) is 71.8 Å². The lowest BCUT2D eigenvalue weighted by molar-refractivity contribution is -0.147. The Morgan fingerprint density at radius 1 is 1.04 bits per heavy atom. The molecule has 0 bridgehead atoms. The van der Waals surface area contributed by atoms with Gasteiger partial charge in [-0.05, 0) is 24.5 Å². The summed E-state index contributed by atoms with van der Waals surface area (Å²) < 4.78 is 5.14. The van der Waals surface area contributed by atoms with Crippen LogP contribution in [0.5, 0.6) is 0 Å². The predicted molar refractivity (Wildman–Crippen MR) is 101 cm³/mol. The van der Waals surface area contributed by atoms with Crippen LogP contribution in [0.3, 0.4) is 0 Å². The maximum atomic E-state index is 12.2. The molecule has 1 amide bonds. The summed E-state index contributed by atoms with van der Waals surface area (Å²) in [7, 11) is 0. The van der Waals surface area contributed by atoms with Crippen molar-refractivity contribution in [1.29, 1.82) is 0 Å². The quantitative estimate of drug-likeness (QED) is 0.678. The second-order valence-corrected chi connectivity index (χ2v) is 6.16. The van der Waals surface area contributed by atoms with Gasteiger partial charge in [0, 0.05) is 19.0 Å². The smallest absolute Gasteiger partial charge is 0.311 e. The maximum absolute atomic E-state index is 12.2. The highest BCUT2D eigenvalue weighted by molar-refractivity contribution is 5.78. The van der Waals surface area contributed by atoms with E-state index < -0.39 is 5.92 Å². The maximum Gasteiger partial charge on any atom is 0.311 e. The molecule has 0 aliphatic heterocycles. The van der Waals surface area contributed by atoms with E-state index in [0.717, 1.165) is 11.1 Å². The van der Waals surface area contributed by atoms with Gasteiger partial charge in [-0.2, -0.15) is 0 Å². The molecule has 0 radical (unpaired) electrons. The standard InChI is InChI=1S/C21H26N2O3/c1-2-26-21(25)18(13-16-9-5-3-6-10-16)15-23-20(24)14-19(22)17-11-7-4-8-12-17/h3-12,18-19H,2,13-15,22H2,1H3,(H,23,24). The number of nitrogens with one attached hydrogen (secondary N) is 1. The molecule has 2 aromatic carbocycles. The molecule has 3 N–H and O–H groups in total. The van der Waals surface area contributed by atoms with Crippen molar-refractivity contribution >= 4 is 11.9 Å². The van der Waals surface area contributed by atoms with Gasteiger partial charge in [-0.1, -0.05) is 60.7 Å². The van der Waals surface area contributed by atoms with Crippen molar-refractivity contribution in [1.82, 2.24) is 5.32 Å². The summed E-state index contributed by atoms with van der Waals surface area (Å²) in [4.78, 5) is 24.4. The second kappa shape index (κ2) is 10.4. The molecule has 5 nitrogen and oxygen atoms in total. The minimum absolute atomic E-state index is 0.172. The molecule has 0 aromatic heterocycles. The van der Waals surface area contributed by atoms with E-state index in [1.807, 2.05) is 60.7 Å². The highest BCUT2D eigenvalue weighted by Gasteiger charge is 2.21. The van der Waals surface area contributed by atoms with E-state index >= 15 is 0 Å². The molecule has 138 valence electrons. The molecule has 0 spiro atoms. The fourth-order valence-electron chi connectivity index (χ4n) is 2.72. The molecule has 2 aromatic rings. The van der Waals surface area contributed by atoms with E-state index in [1.54, 1.807) is 6.92 Å². The Morgan fingerprint density at radius 2 is 1.65 bits per heavy atom. The van der Waals surface area contributed by atoms with Gasteiger partial charge in [0.1, 0.15) is 0 Å². The zero-order valence-corrected chi connectivity index (χ0v) is 15.1. The number of amides is 1. The number of benzene rings is 2. The Hall–Kier alpha value is -2.66. The molecule has 0 saturated carbocycles. The highest BCUT2D eigenvalue weighted by Crippen LogP contribution is 2.14. The van der Waals surface area contributed by atoms with Gasteiger partial charge < -0.3 is 15.8 Å². The number of nitrogens with two attached hydrogens (primary N) is 1. The predicted octanol–water partition coefficient (Wildman–Crippen LogP) is 2.61. The zero-order valence-electron chi connectivity index (χ0n) is 15.1. The third-order valence-electron chi connectivity index (χ3n) is 4.12. The Bertz CT molecular complexity index is 689. The number of carbonyl (C=O) groups excluding carboxylic acids is 2. The van der Waals surface area contributed by atoms with Crippen LogP contribution in [0.15, 0.2) is 60.7 Å². The molecule has 0 fully saturated rings. The van der Waals surface area contributed by atoms with E-state index in [4.69, 9.17) is 10.5 Å². The van der Waals surface area contributed by atoms with E-state index in [2.05, 4.69) is 5.32 Å². The van der Waals surface area contributed by atoms with Crippen molar-refractivity contribution in [3.63, 3.8) is 0 Å². The van der Waals surface area contributed by atoms with Crippen molar-refractivity contribution in [2.24, 2.45) is 11.7 Å². The Morgan fingerprint density at radius 3 is 2.27 bits per heavy atom. The summed E-state index contributed by atoms with van der Waals surface area (Å²) >= 11 is 0. The largest absolute Gasteiger partial charge is 0.466 e. The molecule has 0 saturated heterocycles. The van der Waals surface area contributed by atoms with Gasteiger partial charge >= 0.3 is 5.97 Å². The first-order valence-corrected chi connectivity index (χ1v) is 8.88. The number of ether oxygens (including phenoxy) is 1. The van der Waals surface area contributed by atoms with E-state index in [9.17, 15) is 9.59 Å². The fourth-order valence-corrected chi connectivity index (χ4v) is 2.72. The molecular formula is C21H26N2O3. The van der Waals surface area contributed by atoms with Crippen LogP contribution < -0.4 is 11.1 Å². The van der Waals surface area contributed by atoms with E-state index in [-0.39, 0.29) is 30.9 Å². The van der Waals surface area contributed by atoms with Gasteiger partial charge in [0.15, 0.2) is 0 Å². The molecule has 0 heterocycles. The average molecular weight is 354 g/mol.